The van der Waals surface area contributed by atoms with Crippen LogP contribution in [0.3, 0.4) is 0 Å². The van der Waals surface area contributed by atoms with Gasteiger partial charge in [-0.1, -0.05) is 19.9 Å². The van der Waals surface area contributed by atoms with Gasteiger partial charge in [-0.2, -0.15) is 11.1 Å². The van der Waals surface area contributed by atoms with Crippen LogP contribution < -0.4 is 24.8 Å². The van der Waals surface area contributed by atoms with Gasteiger partial charge in [0, 0.05) is 11.9 Å². The number of aryl methyl sites for hydroxylation is 2. The molecule has 27 heavy (non-hydrogen) atoms. The van der Waals surface area contributed by atoms with Crippen molar-refractivity contribution in [3.8, 4) is 5.69 Å². The number of fused-ring (bicyclic) bond motifs is 1. The normalized spacial score (nSPS) is 12.4. The van der Waals surface area contributed by atoms with Crippen LogP contribution in [0.25, 0.3) is 16.5 Å². The molecular formula is C23H25Cl2NTi. The summed E-state index contributed by atoms with van der Waals surface area (Å²) in [5.41, 5.74) is 8.09. The second-order valence-electron chi connectivity index (χ2n) is 6.76. The van der Waals surface area contributed by atoms with Gasteiger partial charge in [-0.25, -0.2) is 5.57 Å². The minimum Gasteiger partial charge on any atom is -1.00 e. The third-order valence-electron chi connectivity index (χ3n) is 4.85. The van der Waals surface area contributed by atoms with Crippen LogP contribution in [0.1, 0.15) is 38.4 Å². The third-order valence-corrected chi connectivity index (χ3v) is 4.85. The number of hydrogen-bond acceptors (Lipinski definition) is 0. The maximum absolute atomic E-state index is 3.26. The van der Waals surface area contributed by atoms with Crippen molar-refractivity contribution >= 4 is 10.8 Å². The molecule has 0 amide bonds. The van der Waals surface area contributed by atoms with Crippen LogP contribution in [-0.4, -0.2) is 4.57 Å². The molecule has 1 aromatic heterocycles. The summed E-state index contributed by atoms with van der Waals surface area (Å²) in [6.45, 7) is 10.7. The van der Waals surface area contributed by atoms with E-state index in [0.29, 0.717) is 0 Å². The second kappa shape index (κ2) is 11.0. The Balaban J connectivity index is 0.000000535. The molecule has 0 aliphatic heterocycles. The topological polar surface area (TPSA) is 4.93 Å². The molecule has 3 aromatic rings. The Morgan fingerprint density at radius 2 is 1.63 bits per heavy atom. The number of aromatic nitrogens is 1. The van der Waals surface area contributed by atoms with Crippen molar-refractivity contribution in [1.29, 1.82) is 0 Å². The summed E-state index contributed by atoms with van der Waals surface area (Å²) in [5, 5.41) is 2.62. The predicted molar refractivity (Wildman–Crippen MR) is 104 cm³/mol. The van der Waals surface area contributed by atoms with Gasteiger partial charge < -0.3 is 29.4 Å². The van der Waals surface area contributed by atoms with Gasteiger partial charge in [-0.3, -0.25) is 6.08 Å². The van der Waals surface area contributed by atoms with Crippen molar-refractivity contribution in [1.82, 2.24) is 4.57 Å². The number of halogens is 2. The number of allylic oxidation sites excluding steroid dienone is 4. The minimum absolute atomic E-state index is 0. The molecule has 0 saturated carbocycles. The maximum atomic E-state index is 3.26. The number of hydrogen-bond donors (Lipinski definition) is 0. The molecule has 140 valence electrons. The first-order valence-corrected chi connectivity index (χ1v) is 8.51. The van der Waals surface area contributed by atoms with Gasteiger partial charge in [0.2, 0.25) is 0 Å². The molecule has 1 nitrogen and oxygen atoms in total. The average molecular weight is 434 g/mol. The Hall–Kier alpha value is -1.12. The standard InChI is InChI=1S/C15H14N.C8H11.2ClH.Ti/c1-11-7-12(2)16(10-11)15-8-13-5-3-4-6-14(13)9-15;1-6-4-5-7(2)8(6)3;;;/h3-10H,1-2H3;4H2,1-3H3;2*1H;/q2*-1;;;+4/p-2. The number of rotatable bonds is 1. The molecule has 0 saturated heterocycles. The summed E-state index contributed by atoms with van der Waals surface area (Å²) in [4.78, 5) is 0. The van der Waals surface area contributed by atoms with E-state index in [1.165, 1.54) is 44.4 Å². The van der Waals surface area contributed by atoms with Gasteiger partial charge in [-0.15, -0.1) is 54.4 Å². The van der Waals surface area contributed by atoms with E-state index in [9.17, 15) is 0 Å². The predicted octanol–water partition coefficient (Wildman–Crippen LogP) is 0.448. The monoisotopic (exact) mass is 433 g/mol. The van der Waals surface area contributed by atoms with Crippen LogP contribution in [0.4, 0.5) is 0 Å². The SMILES string of the molecule is CC1=[C-]CC(C)=C1C.Cc1cc(C)n(-c2cc3ccccc3[cH-]2)c1.[Cl-].[Cl-].[Ti+4]. The van der Waals surface area contributed by atoms with Crippen LogP contribution >= 0.6 is 0 Å². The molecule has 0 radical (unpaired) electrons. The van der Waals surface area contributed by atoms with E-state index in [2.05, 4.69) is 93.9 Å². The Morgan fingerprint density at radius 3 is 2.07 bits per heavy atom. The molecule has 1 aliphatic carbocycles. The summed E-state index contributed by atoms with van der Waals surface area (Å²) >= 11 is 0. The summed E-state index contributed by atoms with van der Waals surface area (Å²) in [6, 6.07) is 15.2. The van der Waals surface area contributed by atoms with Crippen molar-refractivity contribution in [3.05, 3.63) is 82.7 Å². The van der Waals surface area contributed by atoms with Crippen LogP contribution in [0.15, 0.2) is 65.4 Å². The fourth-order valence-corrected chi connectivity index (χ4v) is 3.14. The molecule has 1 aliphatic rings. The van der Waals surface area contributed by atoms with Crippen molar-refractivity contribution in [2.45, 2.75) is 41.0 Å². The largest absolute Gasteiger partial charge is 4.00 e. The first-order chi connectivity index (χ1) is 11.5. The van der Waals surface area contributed by atoms with Crippen molar-refractivity contribution in [3.63, 3.8) is 0 Å². The van der Waals surface area contributed by atoms with Gasteiger partial charge in [-0.05, 0) is 31.2 Å². The fourth-order valence-electron chi connectivity index (χ4n) is 3.14. The minimum atomic E-state index is 0. The van der Waals surface area contributed by atoms with Crippen molar-refractivity contribution in [2.75, 3.05) is 0 Å². The maximum Gasteiger partial charge on any atom is 4.00 e. The Bertz CT molecular complexity index is 906. The summed E-state index contributed by atoms with van der Waals surface area (Å²) in [6.07, 6.45) is 6.50. The molecule has 0 spiro atoms. The van der Waals surface area contributed by atoms with Crippen molar-refractivity contribution in [2.24, 2.45) is 0 Å². The summed E-state index contributed by atoms with van der Waals surface area (Å²) in [5.74, 6) is 0. The van der Waals surface area contributed by atoms with Crippen molar-refractivity contribution < 1.29 is 46.5 Å². The molecule has 1 heterocycles. The van der Waals surface area contributed by atoms with E-state index in [1.54, 1.807) is 0 Å². The van der Waals surface area contributed by atoms with Gasteiger partial charge in [0.25, 0.3) is 0 Å². The summed E-state index contributed by atoms with van der Waals surface area (Å²) < 4.78 is 2.25. The molecule has 0 atom stereocenters. The number of nitrogens with zero attached hydrogens (tertiary/aromatic N) is 1. The first-order valence-electron chi connectivity index (χ1n) is 8.51. The number of benzene rings is 1. The van der Waals surface area contributed by atoms with Crippen LogP contribution in [0.2, 0.25) is 0 Å². The van der Waals surface area contributed by atoms with E-state index in [4.69, 9.17) is 0 Å². The average Bonchev–Trinajstić information content (AvgIpc) is 3.21. The Kier molecular flexibility index (Phi) is 10.6. The Labute approximate surface area is 190 Å². The fraction of sp³-hybridized carbons (Fsp3) is 0.261. The molecule has 0 N–H and O–H groups in total. The van der Waals surface area contributed by atoms with E-state index in [-0.39, 0.29) is 46.5 Å². The van der Waals surface area contributed by atoms with E-state index in [0.717, 1.165) is 6.42 Å². The molecule has 2 aromatic carbocycles. The second-order valence-corrected chi connectivity index (χ2v) is 6.76. The van der Waals surface area contributed by atoms with Crippen LogP contribution in [-0.2, 0) is 21.7 Å². The van der Waals surface area contributed by atoms with E-state index in [1.807, 2.05) is 0 Å². The third kappa shape index (κ3) is 5.93. The molecule has 4 heteroatoms. The molecular weight excluding hydrogens is 409 g/mol. The quantitative estimate of drug-likeness (QED) is 0.388. The zero-order valence-electron chi connectivity index (χ0n) is 16.5. The molecule has 0 fully saturated rings. The molecule has 0 unspecified atom stereocenters. The van der Waals surface area contributed by atoms with Gasteiger partial charge in [0.1, 0.15) is 0 Å². The molecule has 0 bridgehead atoms. The zero-order chi connectivity index (χ0) is 17.3. The van der Waals surface area contributed by atoms with Gasteiger partial charge >= 0.3 is 21.7 Å². The molecule has 4 rings (SSSR count). The zero-order valence-corrected chi connectivity index (χ0v) is 19.6. The van der Waals surface area contributed by atoms with Gasteiger partial charge in [0.05, 0.1) is 0 Å². The van der Waals surface area contributed by atoms with Crippen LogP contribution in [0, 0.1) is 19.9 Å². The van der Waals surface area contributed by atoms with Crippen LogP contribution in [0.5, 0.6) is 0 Å². The first kappa shape index (κ1) is 25.9. The Morgan fingerprint density at radius 1 is 0.963 bits per heavy atom. The van der Waals surface area contributed by atoms with E-state index < -0.39 is 0 Å². The van der Waals surface area contributed by atoms with E-state index >= 15 is 0 Å². The smallest absolute Gasteiger partial charge is 1.00 e. The van der Waals surface area contributed by atoms with Gasteiger partial charge in [0.15, 0.2) is 0 Å². The summed E-state index contributed by atoms with van der Waals surface area (Å²) in [7, 11) is 0.